The highest BCUT2D eigenvalue weighted by atomic mass is 16.3. The Balaban J connectivity index is 2.18. The van der Waals surface area contributed by atoms with Crippen LogP contribution in [0, 0.1) is 0 Å². The highest BCUT2D eigenvalue weighted by Gasteiger charge is 2.33. The average Bonchev–Trinajstić information content (AvgIpc) is 2.86. The summed E-state index contributed by atoms with van der Waals surface area (Å²) in [5.41, 5.74) is 5.17. The maximum Gasteiger partial charge on any atom is 0.231 e. The molecule has 1 aliphatic carbocycles. The number of rotatable bonds is 6. The molecular formula is C14H26N6O. The summed E-state index contributed by atoms with van der Waals surface area (Å²) in [5.74, 6) is 1.32. The van der Waals surface area contributed by atoms with Gasteiger partial charge in [0.15, 0.2) is 0 Å². The third-order valence-corrected chi connectivity index (χ3v) is 4.08. The van der Waals surface area contributed by atoms with Gasteiger partial charge in [0, 0.05) is 26.7 Å². The van der Waals surface area contributed by atoms with Crippen LogP contribution in [0.4, 0.5) is 17.8 Å². The predicted octanol–water partition coefficient (Wildman–Crippen LogP) is 1.04. The Morgan fingerprint density at radius 1 is 1.10 bits per heavy atom. The highest BCUT2D eigenvalue weighted by Crippen LogP contribution is 2.30. The number of likely N-dealkylation sites (N-methyl/N-ethyl adjacent to an activating group) is 1. The second-order valence-electron chi connectivity index (χ2n) is 5.75. The molecule has 0 saturated heterocycles. The zero-order valence-corrected chi connectivity index (χ0v) is 13.2. The molecule has 0 aliphatic heterocycles. The van der Waals surface area contributed by atoms with Gasteiger partial charge in [-0.15, -0.1) is 0 Å². The van der Waals surface area contributed by atoms with Crippen LogP contribution >= 0.6 is 0 Å². The van der Waals surface area contributed by atoms with Crippen LogP contribution in [0.25, 0.3) is 0 Å². The number of nitrogen functional groups attached to an aromatic ring is 1. The van der Waals surface area contributed by atoms with E-state index in [9.17, 15) is 5.11 Å². The third kappa shape index (κ3) is 3.72. The van der Waals surface area contributed by atoms with E-state index in [4.69, 9.17) is 5.73 Å². The van der Waals surface area contributed by atoms with E-state index < -0.39 is 5.60 Å². The van der Waals surface area contributed by atoms with Crippen LogP contribution in [0.15, 0.2) is 0 Å². The molecule has 1 fully saturated rings. The second-order valence-corrected chi connectivity index (χ2v) is 5.75. The van der Waals surface area contributed by atoms with E-state index in [0.717, 1.165) is 38.8 Å². The largest absolute Gasteiger partial charge is 0.388 e. The van der Waals surface area contributed by atoms with Gasteiger partial charge in [0.1, 0.15) is 0 Å². The van der Waals surface area contributed by atoms with E-state index in [1.165, 1.54) is 0 Å². The summed E-state index contributed by atoms with van der Waals surface area (Å²) >= 11 is 0. The minimum Gasteiger partial charge on any atom is -0.388 e. The van der Waals surface area contributed by atoms with Gasteiger partial charge in [-0.05, 0) is 26.7 Å². The summed E-state index contributed by atoms with van der Waals surface area (Å²) in [7, 11) is 1.89. The number of hydrogen-bond acceptors (Lipinski definition) is 7. The van der Waals surface area contributed by atoms with Crippen LogP contribution < -0.4 is 15.5 Å². The SMILES string of the molecule is CCN(CC)c1nc(N)nc(N(C)CC2(O)CCCC2)n1. The fraction of sp³-hybridized carbons (Fsp3) is 0.786. The first-order chi connectivity index (χ1) is 9.97. The predicted molar refractivity (Wildman–Crippen MR) is 84.5 cm³/mol. The van der Waals surface area contributed by atoms with Crippen molar-refractivity contribution >= 4 is 17.8 Å². The third-order valence-electron chi connectivity index (χ3n) is 4.08. The normalized spacial score (nSPS) is 17.0. The summed E-state index contributed by atoms with van der Waals surface area (Å²) < 4.78 is 0. The molecule has 3 N–H and O–H groups in total. The van der Waals surface area contributed by atoms with Crippen LogP contribution in [0.2, 0.25) is 0 Å². The first-order valence-corrected chi connectivity index (χ1v) is 7.67. The van der Waals surface area contributed by atoms with E-state index in [1.807, 2.05) is 30.7 Å². The molecule has 0 radical (unpaired) electrons. The van der Waals surface area contributed by atoms with Gasteiger partial charge in [-0.3, -0.25) is 0 Å². The van der Waals surface area contributed by atoms with Gasteiger partial charge < -0.3 is 20.6 Å². The molecule has 0 spiro atoms. The monoisotopic (exact) mass is 294 g/mol. The quantitative estimate of drug-likeness (QED) is 0.810. The smallest absolute Gasteiger partial charge is 0.231 e. The second kappa shape index (κ2) is 6.43. The number of aliphatic hydroxyl groups is 1. The Bertz CT molecular complexity index is 471. The summed E-state index contributed by atoms with van der Waals surface area (Å²) in [4.78, 5) is 16.8. The van der Waals surface area contributed by atoms with Crippen molar-refractivity contribution in [3.8, 4) is 0 Å². The lowest BCUT2D eigenvalue weighted by Gasteiger charge is -2.29. The van der Waals surface area contributed by atoms with E-state index >= 15 is 0 Å². The van der Waals surface area contributed by atoms with E-state index in [2.05, 4.69) is 15.0 Å². The van der Waals surface area contributed by atoms with Crippen molar-refractivity contribution in [1.29, 1.82) is 0 Å². The first-order valence-electron chi connectivity index (χ1n) is 7.67. The Morgan fingerprint density at radius 3 is 2.24 bits per heavy atom. The Labute approximate surface area is 126 Å². The number of hydrogen-bond donors (Lipinski definition) is 2. The van der Waals surface area contributed by atoms with Crippen molar-refractivity contribution in [1.82, 2.24) is 15.0 Å². The fourth-order valence-electron chi connectivity index (χ4n) is 2.89. The van der Waals surface area contributed by atoms with Gasteiger partial charge in [0.05, 0.1) is 5.60 Å². The number of nitrogens with zero attached hydrogens (tertiary/aromatic N) is 5. The van der Waals surface area contributed by atoms with Crippen LogP contribution in [-0.4, -0.2) is 52.3 Å². The van der Waals surface area contributed by atoms with E-state index in [-0.39, 0.29) is 5.95 Å². The summed E-state index contributed by atoms with van der Waals surface area (Å²) in [6.45, 7) is 6.25. The zero-order valence-electron chi connectivity index (χ0n) is 13.2. The van der Waals surface area contributed by atoms with Crippen molar-refractivity contribution in [2.75, 3.05) is 42.2 Å². The van der Waals surface area contributed by atoms with Crippen molar-refractivity contribution in [2.24, 2.45) is 0 Å². The Morgan fingerprint density at radius 2 is 1.67 bits per heavy atom. The van der Waals surface area contributed by atoms with Crippen LogP contribution in [0.1, 0.15) is 39.5 Å². The van der Waals surface area contributed by atoms with Crippen molar-refractivity contribution in [3.05, 3.63) is 0 Å². The van der Waals surface area contributed by atoms with Crippen molar-refractivity contribution in [3.63, 3.8) is 0 Å². The van der Waals surface area contributed by atoms with E-state index in [0.29, 0.717) is 18.4 Å². The van der Waals surface area contributed by atoms with Crippen molar-refractivity contribution in [2.45, 2.75) is 45.1 Å². The number of nitrogens with two attached hydrogens (primary N) is 1. The molecule has 1 saturated carbocycles. The molecule has 7 heteroatoms. The lowest BCUT2D eigenvalue weighted by molar-refractivity contribution is 0.0556. The molecule has 1 aliphatic rings. The Hall–Kier alpha value is -1.63. The molecular weight excluding hydrogens is 268 g/mol. The number of aromatic nitrogens is 3. The topological polar surface area (TPSA) is 91.4 Å². The molecule has 7 nitrogen and oxygen atoms in total. The van der Waals surface area contributed by atoms with Crippen LogP contribution in [0.5, 0.6) is 0 Å². The van der Waals surface area contributed by atoms with Gasteiger partial charge in [-0.2, -0.15) is 15.0 Å². The average molecular weight is 294 g/mol. The first kappa shape index (κ1) is 15.8. The van der Waals surface area contributed by atoms with Gasteiger partial charge in [0.25, 0.3) is 0 Å². The fourth-order valence-corrected chi connectivity index (χ4v) is 2.89. The van der Waals surface area contributed by atoms with Gasteiger partial charge in [0.2, 0.25) is 17.8 Å². The van der Waals surface area contributed by atoms with Crippen LogP contribution in [0.3, 0.4) is 0 Å². The molecule has 0 atom stereocenters. The molecule has 0 unspecified atom stereocenters. The standard InChI is InChI=1S/C14H26N6O/c1-4-20(5-2)13-17-11(15)16-12(18-13)19(3)10-14(21)8-6-7-9-14/h21H,4-10H2,1-3H3,(H2,15,16,17,18). The minimum atomic E-state index is -0.633. The molecule has 0 bridgehead atoms. The molecule has 118 valence electrons. The minimum absolute atomic E-state index is 0.215. The molecule has 1 aromatic heterocycles. The van der Waals surface area contributed by atoms with E-state index in [1.54, 1.807) is 0 Å². The van der Waals surface area contributed by atoms with Crippen molar-refractivity contribution < 1.29 is 5.11 Å². The zero-order chi connectivity index (χ0) is 15.5. The maximum absolute atomic E-state index is 10.5. The molecule has 1 aromatic rings. The molecule has 0 aromatic carbocycles. The lowest BCUT2D eigenvalue weighted by Crippen LogP contribution is -2.40. The van der Waals surface area contributed by atoms with Gasteiger partial charge >= 0.3 is 0 Å². The highest BCUT2D eigenvalue weighted by molar-refractivity contribution is 5.43. The van der Waals surface area contributed by atoms with Crippen LogP contribution in [-0.2, 0) is 0 Å². The maximum atomic E-state index is 10.5. The Kier molecular flexibility index (Phi) is 4.82. The molecule has 0 amide bonds. The molecule has 21 heavy (non-hydrogen) atoms. The van der Waals surface area contributed by atoms with Gasteiger partial charge in [-0.25, -0.2) is 0 Å². The lowest BCUT2D eigenvalue weighted by atomic mass is 10.0. The summed E-state index contributed by atoms with van der Waals surface area (Å²) in [6, 6.07) is 0. The summed E-state index contributed by atoms with van der Waals surface area (Å²) in [5, 5.41) is 10.5. The summed E-state index contributed by atoms with van der Waals surface area (Å²) in [6.07, 6.45) is 3.82. The molecule has 2 rings (SSSR count). The number of anilines is 3. The molecule has 1 heterocycles. The van der Waals surface area contributed by atoms with Gasteiger partial charge in [-0.1, -0.05) is 12.8 Å².